The molecule has 1 saturated carbocycles. The van der Waals surface area contributed by atoms with Crippen molar-refractivity contribution in [3.8, 4) is 0 Å². The zero-order chi connectivity index (χ0) is 17.8. The predicted molar refractivity (Wildman–Crippen MR) is 96.1 cm³/mol. The van der Waals surface area contributed by atoms with Gasteiger partial charge in [-0.15, -0.1) is 0 Å². The van der Waals surface area contributed by atoms with Crippen molar-refractivity contribution in [2.45, 2.75) is 39.0 Å². The molecule has 1 aromatic heterocycles. The van der Waals surface area contributed by atoms with Gasteiger partial charge in [0.15, 0.2) is 0 Å². The Morgan fingerprint density at radius 3 is 2.60 bits per heavy atom. The van der Waals surface area contributed by atoms with E-state index in [2.05, 4.69) is 34.0 Å². The van der Waals surface area contributed by atoms with Crippen LogP contribution in [0.1, 0.15) is 26.6 Å². The third-order valence-corrected chi connectivity index (χ3v) is 5.20. The van der Waals surface area contributed by atoms with Crippen molar-refractivity contribution in [1.29, 1.82) is 0 Å². The summed E-state index contributed by atoms with van der Waals surface area (Å²) in [6.07, 6.45) is -0.297. The summed E-state index contributed by atoms with van der Waals surface area (Å²) in [7, 11) is 2.08. The Morgan fingerprint density at radius 2 is 1.96 bits per heavy atom. The molecule has 25 heavy (non-hydrogen) atoms. The molecule has 2 fully saturated rings. The lowest BCUT2D eigenvalue weighted by Gasteiger charge is -2.22. The summed E-state index contributed by atoms with van der Waals surface area (Å²) in [5.74, 6) is 2.18. The van der Waals surface area contributed by atoms with Crippen LogP contribution in [0.15, 0.2) is 24.3 Å². The quantitative estimate of drug-likeness (QED) is 0.931. The van der Waals surface area contributed by atoms with Crippen LogP contribution in [-0.2, 0) is 18.3 Å². The number of amides is 1. The van der Waals surface area contributed by atoms with E-state index >= 15 is 0 Å². The number of rotatable bonds is 3. The fraction of sp³-hybridized carbons (Fsp3) is 0.579. The Morgan fingerprint density at radius 1 is 1.28 bits per heavy atom. The van der Waals surface area contributed by atoms with Crippen LogP contribution < -0.4 is 5.32 Å². The Bertz CT molecular complexity index is 795. The molecular formula is C19H26N4O2. The number of carbonyl (C=O) groups excluding carboxylic acids is 1. The van der Waals surface area contributed by atoms with Gasteiger partial charge in [-0.25, -0.2) is 9.78 Å². The van der Waals surface area contributed by atoms with Crippen molar-refractivity contribution >= 4 is 17.1 Å². The zero-order valence-electron chi connectivity index (χ0n) is 15.3. The number of nitrogens with one attached hydrogen (secondary N) is 1. The first-order valence-electron chi connectivity index (χ1n) is 8.94. The number of aromatic nitrogens is 2. The lowest BCUT2D eigenvalue weighted by Crippen LogP contribution is -2.38. The molecule has 2 heterocycles. The molecule has 1 amide bonds. The maximum absolute atomic E-state index is 11.9. The molecule has 4 rings (SSSR count). The van der Waals surface area contributed by atoms with Gasteiger partial charge in [0.25, 0.3) is 0 Å². The molecule has 0 unspecified atom stereocenters. The van der Waals surface area contributed by atoms with Crippen molar-refractivity contribution in [2.75, 3.05) is 13.1 Å². The molecule has 0 radical (unpaired) electrons. The molecule has 1 N–H and O–H groups in total. The highest BCUT2D eigenvalue weighted by Gasteiger charge is 2.56. The standard InChI is InChI=1S/C19H26N4O2/c1-19(2,3)25-18(24)21-17-12-9-23(10-13(12)17)11-16-20-14-7-5-6-8-15(14)22(16)4/h5-8,12-13,17H,9-11H2,1-4H3,(H,21,24)/t12-,13+,17-. The van der Waals surface area contributed by atoms with Gasteiger partial charge in [0.1, 0.15) is 11.4 Å². The Balaban J connectivity index is 1.32. The first-order chi connectivity index (χ1) is 11.8. The maximum atomic E-state index is 11.9. The lowest BCUT2D eigenvalue weighted by atomic mass is 10.2. The van der Waals surface area contributed by atoms with Crippen LogP contribution in [0.2, 0.25) is 0 Å². The van der Waals surface area contributed by atoms with E-state index in [-0.39, 0.29) is 12.1 Å². The van der Waals surface area contributed by atoms with E-state index in [1.54, 1.807) is 0 Å². The minimum Gasteiger partial charge on any atom is -0.444 e. The van der Waals surface area contributed by atoms with Crippen molar-refractivity contribution in [3.05, 3.63) is 30.1 Å². The van der Waals surface area contributed by atoms with E-state index in [1.165, 1.54) is 5.52 Å². The third-order valence-electron chi connectivity index (χ3n) is 5.20. The summed E-state index contributed by atoms with van der Waals surface area (Å²) < 4.78 is 7.52. The first-order valence-corrected chi connectivity index (χ1v) is 8.94. The van der Waals surface area contributed by atoms with Crippen molar-refractivity contribution < 1.29 is 9.53 Å². The number of hydrogen-bond donors (Lipinski definition) is 1. The summed E-state index contributed by atoms with van der Waals surface area (Å²) in [4.78, 5) is 19.1. The number of para-hydroxylation sites is 2. The van der Waals surface area contributed by atoms with Gasteiger partial charge in [-0.05, 0) is 44.7 Å². The normalized spacial score (nSPS) is 25.8. The average Bonchev–Trinajstić information content (AvgIpc) is 2.88. The van der Waals surface area contributed by atoms with Crippen LogP contribution in [0.3, 0.4) is 0 Å². The van der Waals surface area contributed by atoms with Gasteiger partial charge < -0.3 is 14.6 Å². The number of benzene rings is 1. The molecule has 0 bridgehead atoms. The molecule has 6 heteroatoms. The molecule has 0 spiro atoms. The highest BCUT2D eigenvalue weighted by atomic mass is 16.6. The van der Waals surface area contributed by atoms with Gasteiger partial charge in [0, 0.05) is 26.2 Å². The summed E-state index contributed by atoms with van der Waals surface area (Å²) in [6.45, 7) is 8.54. The van der Waals surface area contributed by atoms with Crippen LogP contribution in [0.4, 0.5) is 4.79 Å². The Hall–Kier alpha value is -2.08. The first kappa shape index (κ1) is 16.4. The van der Waals surface area contributed by atoms with E-state index in [4.69, 9.17) is 9.72 Å². The number of fused-ring (bicyclic) bond motifs is 2. The number of hydrogen-bond acceptors (Lipinski definition) is 4. The van der Waals surface area contributed by atoms with E-state index in [0.717, 1.165) is 31.0 Å². The fourth-order valence-corrected chi connectivity index (χ4v) is 3.94. The summed E-state index contributed by atoms with van der Waals surface area (Å²) in [5.41, 5.74) is 1.78. The van der Waals surface area contributed by atoms with Crippen molar-refractivity contribution in [2.24, 2.45) is 18.9 Å². The number of imidazole rings is 1. The third kappa shape index (κ3) is 3.23. The lowest BCUT2D eigenvalue weighted by molar-refractivity contribution is 0.0513. The number of carbonyl (C=O) groups is 1. The number of aryl methyl sites for hydroxylation is 1. The highest BCUT2D eigenvalue weighted by molar-refractivity contribution is 5.75. The maximum Gasteiger partial charge on any atom is 0.407 e. The van der Waals surface area contributed by atoms with E-state index in [0.29, 0.717) is 11.8 Å². The number of ether oxygens (including phenoxy) is 1. The van der Waals surface area contributed by atoms with E-state index in [1.807, 2.05) is 32.9 Å². The van der Waals surface area contributed by atoms with Gasteiger partial charge in [-0.2, -0.15) is 0 Å². The van der Waals surface area contributed by atoms with Crippen molar-refractivity contribution in [1.82, 2.24) is 19.8 Å². The van der Waals surface area contributed by atoms with E-state index in [9.17, 15) is 4.79 Å². The Kier molecular flexibility index (Phi) is 3.76. The average molecular weight is 342 g/mol. The second-order valence-corrected chi connectivity index (χ2v) is 8.27. The topological polar surface area (TPSA) is 59.4 Å². The van der Waals surface area contributed by atoms with E-state index < -0.39 is 5.60 Å². The van der Waals surface area contributed by atoms with Crippen molar-refractivity contribution in [3.63, 3.8) is 0 Å². The molecule has 1 saturated heterocycles. The molecule has 1 aliphatic carbocycles. The minimum absolute atomic E-state index is 0.270. The van der Waals surface area contributed by atoms with Crippen LogP contribution in [0, 0.1) is 11.8 Å². The highest BCUT2D eigenvalue weighted by Crippen LogP contribution is 2.46. The zero-order valence-corrected chi connectivity index (χ0v) is 15.3. The molecule has 3 atom stereocenters. The second kappa shape index (κ2) is 5.73. The number of nitrogens with zero attached hydrogens (tertiary/aromatic N) is 3. The molecule has 1 aromatic carbocycles. The summed E-state index contributed by atoms with van der Waals surface area (Å²) in [6, 6.07) is 8.50. The van der Waals surface area contributed by atoms with Crippen LogP contribution >= 0.6 is 0 Å². The van der Waals surface area contributed by atoms with Gasteiger partial charge in [0.2, 0.25) is 0 Å². The molecule has 134 valence electrons. The van der Waals surface area contributed by atoms with Crippen LogP contribution in [0.25, 0.3) is 11.0 Å². The molecular weight excluding hydrogens is 316 g/mol. The fourth-order valence-electron chi connectivity index (χ4n) is 3.94. The number of piperidine rings is 1. The monoisotopic (exact) mass is 342 g/mol. The van der Waals surface area contributed by atoms with Crippen LogP contribution in [-0.4, -0.2) is 45.3 Å². The summed E-state index contributed by atoms with van der Waals surface area (Å²) in [5, 5.41) is 3.02. The van der Waals surface area contributed by atoms with Gasteiger partial charge >= 0.3 is 6.09 Å². The largest absolute Gasteiger partial charge is 0.444 e. The SMILES string of the molecule is Cn1c(CN2C[C@@H]3[C@H](C2)[C@@H]3NC(=O)OC(C)(C)C)nc2ccccc21. The second-order valence-electron chi connectivity index (χ2n) is 8.27. The number of alkyl carbamates (subject to hydrolysis) is 1. The van der Waals surface area contributed by atoms with Crippen LogP contribution in [0.5, 0.6) is 0 Å². The smallest absolute Gasteiger partial charge is 0.407 e. The summed E-state index contributed by atoms with van der Waals surface area (Å²) >= 11 is 0. The van der Waals surface area contributed by atoms with Gasteiger partial charge in [0.05, 0.1) is 17.6 Å². The van der Waals surface area contributed by atoms with Gasteiger partial charge in [-0.3, -0.25) is 4.90 Å². The molecule has 1 aliphatic heterocycles. The predicted octanol–water partition coefficient (Wildman–Crippen LogP) is 2.53. The molecule has 2 aromatic rings. The minimum atomic E-state index is -0.444. The number of likely N-dealkylation sites (tertiary alicyclic amines) is 1. The molecule has 6 nitrogen and oxygen atoms in total. The molecule has 2 aliphatic rings. The Labute approximate surface area is 148 Å². The van der Waals surface area contributed by atoms with Gasteiger partial charge in [-0.1, -0.05) is 12.1 Å².